The summed E-state index contributed by atoms with van der Waals surface area (Å²) < 4.78 is 26.3. The van der Waals surface area contributed by atoms with Gasteiger partial charge in [0.1, 0.15) is 0 Å². The number of aryl methyl sites for hydroxylation is 3. The molecule has 1 aromatic carbocycles. The SMILES string of the molecule is Cc1cc(C)c(CC2(CN)CC(F)(F)C2)c(C)c1. The monoisotopic (exact) mass is 253 g/mol. The molecule has 1 aliphatic rings. The lowest BCUT2D eigenvalue weighted by atomic mass is 9.62. The molecule has 1 nitrogen and oxygen atoms in total. The average molecular weight is 253 g/mol. The smallest absolute Gasteiger partial charge is 0.249 e. The van der Waals surface area contributed by atoms with Gasteiger partial charge in [-0.3, -0.25) is 0 Å². The molecule has 0 saturated heterocycles. The van der Waals surface area contributed by atoms with Crippen molar-refractivity contribution in [1.82, 2.24) is 0 Å². The number of alkyl halides is 2. The zero-order valence-electron chi connectivity index (χ0n) is 11.3. The Kier molecular flexibility index (Phi) is 3.22. The van der Waals surface area contributed by atoms with Crippen LogP contribution in [0.25, 0.3) is 0 Å². The highest BCUT2D eigenvalue weighted by atomic mass is 19.3. The van der Waals surface area contributed by atoms with E-state index in [1.165, 1.54) is 22.3 Å². The van der Waals surface area contributed by atoms with Crippen LogP contribution >= 0.6 is 0 Å². The second kappa shape index (κ2) is 4.30. The molecule has 0 amide bonds. The van der Waals surface area contributed by atoms with Gasteiger partial charge in [0.05, 0.1) is 0 Å². The fourth-order valence-electron chi connectivity index (χ4n) is 3.25. The van der Waals surface area contributed by atoms with Crippen LogP contribution in [0.3, 0.4) is 0 Å². The van der Waals surface area contributed by atoms with Gasteiger partial charge in [0.15, 0.2) is 0 Å². The van der Waals surface area contributed by atoms with Crippen LogP contribution in [0.5, 0.6) is 0 Å². The van der Waals surface area contributed by atoms with E-state index in [9.17, 15) is 8.78 Å². The lowest BCUT2D eigenvalue weighted by molar-refractivity contribution is -0.156. The van der Waals surface area contributed by atoms with Gasteiger partial charge in [0.2, 0.25) is 5.92 Å². The minimum atomic E-state index is -2.51. The van der Waals surface area contributed by atoms with Crippen molar-refractivity contribution in [2.75, 3.05) is 6.54 Å². The summed E-state index contributed by atoms with van der Waals surface area (Å²) in [4.78, 5) is 0. The lowest BCUT2D eigenvalue weighted by Gasteiger charge is -2.47. The molecule has 0 radical (unpaired) electrons. The molecule has 2 rings (SSSR count). The molecular formula is C15H21F2N. The number of halogens is 2. The van der Waals surface area contributed by atoms with Crippen LogP contribution in [-0.2, 0) is 6.42 Å². The molecule has 0 atom stereocenters. The first-order valence-corrected chi connectivity index (χ1v) is 6.42. The minimum absolute atomic E-state index is 0.0662. The molecule has 3 heteroatoms. The Morgan fingerprint density at radius 3 is 2.00 bits per heavy atom. The van der Waals surface area contributed by atoms with Crippen molar-refractivity contribution in [3.05, 3.63) is 34.4 Å². The van der Waals surface area contributed by atoms with E-state index in [1.807, 2.05) is 0 Å². The first-order valence-electron chi connectivity index (χ1n) is 6.42. The molecule has 2 N–H and O–H groups in total. The zero-order chi connectivity index (χ0) is 13.6. The third-order valence-electron chi connectivity index (χ3n) is 4.09. The van der Waals surface area contributed by atoms with E-state index >= 15 is 0 Å². The largest absolute Gasteiger partial charge is 0.330 e. The quantitative estimate of drug-likeness (QED) is 0.876. The Morgan fingerprint density at radius 1 is 1.11 bits per heavy atom. The maximum Gasteiger partial charge on any atom is 0.249 e. The Bertz CT molecular complexity index is 435. The summed E-state index contributed by atoms with van der Waals surface area (Å²) in [5.41, 5.74) is 10.1. The number of nitrogens with two attached hydrogens (primary N) is 1. The highest BCUT2D eigenvalue weighted by Gasteiger charge is 2.55. The Hall–Kier alpha value is -0.960. The first kappa shape index (κ1) is 13.5. The summed E-state index contributed by atoms with van der Waals surface area (Å²) in [5, 5.41) is 0. The normalized spacial score (nSPS) is 20.6. The van der Waals surface area contributed by atoms with Gasteiger partial charge in [0, 0.05) is 12.8 Å². The Balaban J connectivity index is 2.24. The molecule has 1 fully saturated rings. The van der Waals surface area contributed by atoms with Gasteiger partial charge in [-0.05, 0) is 55.8 Å². The molecule has 18 heavy (non-hydrogen) atoms. The van der Waals surface area contributed by atoms with Crippen LogP contribution < -0.4 is 5.73 Å². The van der Waals surface area contributed by atoms with Gasteiger partial charge in [-0.25, -0.2) is 8.78 Å². The van der Waals surface area contributed by atoms with Crippen LogP contribution in [0.15, 0.2) is 12.1 Å². The van der Waals surface area contributed by atoms with E-state index < -0.39 is 11.3 Å². The maximum absolute atomic E-state index is 13.1. The molecule has 100 valence electrons. The third kappa shape index (κ3) is 2.41. The van der Waals surface area contributed by atoms with Crippen molar-refractivity contribution >= 4 is 0 Å². The molecule has 1 saturated carbocycles. The topological polar surface area (TPSA) is 26.0 Å². The molecule has 0 aliphatic heterocycles. The van der Waals surface area contributed by atoms with Crippen molar-refractivity contribution in [2.24, 2.45) is 11.1 Å². The number of rotatable bonds is 3. The zero-order valence-corrected chi connectivity index (χ0v) is 11.3. The molecular weight excluding hydrogens is 232 g/mol. The van der Waals surface area contributed by atoms with Crippen molar-refractivity contribution in [1.29, 1.82) is 0 Å². The molecule has 1 aliphatic carbocycles. The first-order chi connectivity index (χ1) is 8.27. The molecule has 0 bridgehead atoms. The molecule has 1 aromatic rings. The van der Waals surface area contributed by atoms with Crippen molar-refractivity contribution < 1.29 is 8.78 Å². The standard InChI is InChI=1S/C15H21F2N/c1-10-4-11(2)13(12(3)5-10)6-14(9-18)7-15(16,17)8-14/h4-5H,6-9,18H2,1-3H3. The number of hydrogen-bond donors (Lipinski definition) is 1. The third-order valence-corrected chi connectivity index (χ3v) is 4.09. The molecule has 0 heterocycles. The van der Waals surface area contributed by atoms with Crippen molar-refractivity contribution in [3.8, 4) is 0 Å². The van der Waals surface area contributed by atoms with E-state index in [1.54, 1.807) is 0 Å². The van der Waals surface area contributed by atoms with E-state index in [4.69, 9.17) is 5.73 Å². The van der Waals surface area contributed by atoms with Crippen LogP contribution in [0.2, 0.25) is 0 Å². The summed E-state index contributed by atoms with van der Waals surface area (Å²) in [6.07, 6.45) is 0.545. The van der Waals surface area contributed by atoms with E-state index in [2.05, 4.69) is 32.9 Å². The average Bonchev–Trinajstić information content (AvgIpc) is 2.20. The van der Waals surface area contributed by atoms with Crippen LogP contribution in [0, 0.1) is 26.2 Å². The summed E-state index contributed by atoms with van der Waals surface area (Å²) >= 11 is 0. The summed E-state index contributed by atoms with van der Waals surface area (Å²) in [6.45, 7) is 6.50. The molecule has 0 spiro atoms. The van der Waals surface area contributed by atoms with Gasteiger partial charge >= 0.3 is 0 Å². The summed E-state index contributed by atoms with van der Waals surface area (Å²) in [7, 11) is 0. The van der Waals surface area contributed by atoms with Crippen molar-refractivity contribution in [2.45, 2.75) is 46.0 Å². The summed E-state index contributed by atoms with van der Waals surface area (Å²) in [6, 6.07) is 4.23. The Morgan fingerprint density at radius 2 is 1.61 bits per heavy atom. The minimum Gasteiger partial charge on any atom is -0.330 e. The number of benzene rings is 1. The molecule has 0 aromatic heterocycles. The predicted molar refractivity (Wildman–Crippen MR) is 70.0 cm³/mol. The van der Waals surface area contributed by atoms with E-state index in [0.29, 0.717) is 13.0 Å². The van der Waals surface area contributed by atoms with Crippen LogP contribution in [0.4, 0.5) is 8.78 Å². The fraction of sp³-hybridized carbons (Fsp3) is 0.600. The van der Waals surface area contributed by atoms with Gasteiger partial charge in [-0.2, -0.15) is 0 Å². The Labute approximate surface area is 107 Å². The second-order valence-electron chi connectivity index (χ2n) is 5.97. The predicted octanol–water partition coefficient (Wildman–Crippen LogP) is 3.53. The summed E-state index contributed by atoms with van der Waals surface area (Å²) in [5.74, 6) is -2.51. The van der Waals surface area contributed by atoms with Gasteiger partial charge in [-0.1, -0.05) is 17.7 Å². The van der Waals surface area contributed by atoms with Crippen LogP contribution in [-0.4, -0.2) is 12.5 Å². The number of hydrogen-bond acceptors (Lipinski definition) is 1. The van der Waals surface area contributed by atoms with E-state index in [-0.39, 0.29) is 12.8 Å². The highest BCUT2D eigenvalue weighted by Crippen LogP contribution is 2.53. The second-order valence-corrected chi connectivity index (χ2v) is 5.97. The van der Waals surface area contributed by atoms with Gasteiger partial charge in [0.25, 0.3) is 0 Å². The lowest BCUT2D eigenvalue weighted by Crippen LogP contribution is -2.51. The van der Waals surface area contributed by atoms with Gasteiger partial charge in [-0.15, -0.1) is 0 Å². The highest BCUT2D eigenvalue weighted by molar-refractivity contribution is 5.38. The maximum atomic E-state index is 13.1. The molecule has 0 unspecified atom stereocenters. The fourth-order valence-corrected chi connectivity index (χ4v) is 3.25. The van der Waals surface area contributed by atoms with Crippen molar-refractivity contribution in [3.63, 3.8) is 0 Å². The van der Waals surface area contributed by atoms with E-state index in [0.717, 1.165) is 0 Å². The van der Waals surface area contributed by atoms with Gasteiger partial charge < -0.3 is 5.73 Å². The van der Waals surface area contributed by atoms with Crippen LogP contribution in [0.1, 0.15) is 35.1 Å².